The van der Waals surface area contributed by atoms with Crippen LogP contribution >= 0.6 is 0 Å². The van der Waals surface area contributed by atoms with Crippen molar-refractivity contribution in [2.75, 3.05) is 6.61 Å². The van der Waals surface area contributed by atoms with Crippen LogP contribution in [0.15, 0.2) is 95.9 Å². The Morgan fingerprint density at radius 1 is 0.861 bits per heavy atom. The molecule has 4 N–H and O–H groups in total. The van der Waals surface area contributed by atoms with E-state index >= 15 is 0 Å². The smallest absolute Gasteiger partial charge is 0.411 e. The molecular formula is C28H27NO6S. The minimum atomic E-state index is -3.92. The molecule has 4 aromatic rings. The minimum Gasteiger partial charge on any atom is -0.446 e. The SMILES string of the molecule is Cc1ccc(S(=O)(=O)[C@@H]2c3cc4ccccc4cc3CN3C(=O)OC[C@@]23c2ccccc2)cc1.O.O. The van der Waals surface area contributed by atoms with Crippen molar-refractivity contribution in [3.05, 3.63) is 113 Å². The fourth-order valence-electron chi connectivity index (χ4n) is 5.43. The van der Waals surface area contributed by atoms with Crippen LogP contribution in [0.2, 0.25) is 0 Å². The molecule has 0 radical (unpaired) electrons. The predicted octanol–water partition coefficient (Wildman–Crippen LogP) is 3.88. The lowest BCUT2D eigenvalue weighted by Gasteiger charge is -2.46. The molecule has 0 saturated carbocycles. The van der Waals surface area contributed by atoms with Gasteiger partial charge >= 0.3 is 6.09 Å². The van der Waals surface area contributed by atoms with Crippen molar-refractivity contribution in [3.63, 3.8) is 0 Å². The Kier molecular flexibility index (Phi) is 6.38. The number of benzene rings is 4. The number of fused-ring (bicyclic) bond motifs is 3. The maximum Gasteiger partial charge on any atom is 0.411 e. The van der Waals surface area contributed by atoms with Gasteiger partial charge in [0, 0.05) is 0 Å². The van der Waals surface area contributed by atoms with Gasteiger partial charge in [0.05, 0.1) is 11.4 Å². The maximum atomic E-state index is 14.4. The minimum absolute atomic E-state index is 0. The van der Waals surface area contributed by atoms with Gasteiger partial charge in [0.25, 0.3) is 0 Å². The van der Waals surface area contributed by atoms with Gasteiger partial charge < -0.3 is 15.7 Å². The van der Waals surface area contributed by atoms with Crippen LogP contribution in [-0.4, -0.2) is 37.0 Å². The summed E-state index contributed by atoms with van der Waals surface area (Å²) in [6.45, 7) is 2.18. The van der Waals surface area contributed by atoms with Gasteiger partial charge in [0.1, 0.15) is 17.4 Å². The molecule has 1 saturated heterocycles. The average molecular weight is 506 g/mol. The Balaban J connectivity index is 0.00000152. The van der Waals surface area contributed by atoms with Crippen LogP contribution < -0.4 is 0 Å². The first kappa shape index (κ1) is 25.4. The average Bonchev–Trinajstić information content (AvgIpc) is 3.18. The molecule has 2 heterocycles. The fourth-order valence-corrected chi connectivity index (χ4v) is 7.62. The maximum absolute atomic E-state index is 14.4. The second-order valence-corrected chi connectivity index (χ2v) is 11.1. The highest BCUT2D eigenvalue weighted by atomic mass is 32.2. The van der Waals surface area contributed by atoms with Crippen molar-refractivity contribution in [1.29, 1.82) is 0 Å². The molecule has 0 bridgehead atoms. The largest absolute Gasteiger partial charge is 0.446 e. The molecule has 36 heavy (non-hydrogen) atoms. The van der Waals surface area contributed by atoms with Gasteiger partial charge in [0.15, 0.2) is 9.84 Å². The van der Waals surface area contributed by atoms with Crippen molar-refractivity contribution < 1.29 is 28.9 Å². The molecule has 0 unspecified atom stereocenters. The lowest BCUT2D eigenvalue weighted by atomic mass is 9.78. The molecule has 0 aliphatic carbocycles. The number of carbonyl (C=O) groups excluding carboxylic acids is 1. The third-order valence-electron chi connectivity index (χ3n) is 7.10. The predicted molar refractivity (Wildman–Crippen MR) is 137 cm³/mol. The quantitative estimate of drug-likeness (QED) is 0.419. The third kappa shape index (κ3) is 3.57. The monoisotopic (exact) mass is 505 g/mol. The fraction of sp³-hybridized carbons (Fsp3) is 0.179. The number of rotatable bonds is 3. The van der Waals surface area contributed by atoms with E-state index in [2.05, 4.69) is 0 Å². The highest BCUT2D eigenvalue weighted by Crippen LogP contribution is 2.55. The van der Waals surface area contributed by atoms with Gasteiger partial charge in [-0.2, -0.15) is 0 Å². The van der Waals surface area contributed by atoms with Crippen molar-refractivity contribution >= 4 is 26.7 Å². The van der Waals surface area contributed by atoms with Crippen LogP contribution in [0.25, 0.3) is 10.8 Å². The number of cyclic esters (lactones) is 1. The van der Waals surface area contributed by atoms with Crippen LogP contribution in [0.5, 0.6) is 0 Å². The molecule has 2 aliphatic rings. The molecule has 6 rings (SSSR count). The molecule has 186 valence electrons. The standard InChI is InChI=1S/C28H23NO4S.2H2O/c1-19-11-13-24(14-12-19)34(31,32)26-25-16-21-8-6-5-7-20(21)15-22(25)17-29-27(30)33-18-28(26,29)23-9-3-2-4-10-23;;/h2-16,26H,17-18H2,1H3;2*1H2/t26-,28-;;/m1../s1. The molecule has 1 amide bonds. The summed E-state index contributed by atoms with van der Waals surface area (Å²) in [7, 11) is -3.92. The normalized spacial score (nSPS) is 20.5. The molecule has 8 heteroatoms. The van der Waals surface area contributed by atoms with E-state index in [0.717, 1.165) is 33.0 Å². The molecule has 0 aromatic heterocycles. The van der Waals surface area contributed by atoms with Crippen molar-refractivity contribution in [2.45, 2.75) is 29.2 Å². The van der Waals surface area contributed by atoms with E-state index in [9.17, 15) is 13.2 Å². The molecule has 0 spiro atoms. The van der Waals surface area contributed by atoms with Crippen LogP contribution in [-0.2, 0) is 26.7 Å². The van der Waals surface area contributed by atoms with E-state index in [1.54, 1.807) is 29.2 Å². The number of hydrogen-bond donors (Lipinski definition) is 0. The van der Waals surface area contributed by atoms with Gasteiger partial charge in [-0.25, -0.2) is 13.2 Å². The van der Waals surface area contributed by atoms with Crippen LogP contribution in [0, 0.1) is 6.92 Å². The Hall–Kier alpha value is -3.72. The van der Waals surface area contributed by atoms with Crippen molar-refractivity contribution in [1.82, 2.24) is 4.90 Å². The number of nitrogens with zero attached hydrogens (tertiary/aromatic N) is 1. The summed E-state index contributed by atoms with van der Waals surface area (Å²) in [5, 5.41) is 0.949. The number of ether oxygens (including phenoxy) is 1. The summed E-state index contributed by atoms with van der Waals surface area (Å²) < 4.78 is 34.5. The van der Waals surface area contributed by atoms with Crippen molar-refractivity contribution in [3.8, 4) is 0 Å². The summed E-state index contributed by atoms with van der Waals surface area (Å²) in [6.07, 6.45) is -0.494. The van der Waals surface area contributed by atoms with Crippen molar-refractivity contribution in [2.24, 2.45) is 0 Å². The van der Waals surface area contributed by atoms with Crippen LogP contribution in [0.3, 0.4) is 0 Å². The zero-order chi connectivity index (χ0) is 23.5. The zero-order valence-corrected chi connectivity index (χ0v) is 20.5. The van der Waals surface area contributed by atoms with Gasteiger partial charge in [-0.3, -0.25) is 4.90 Å². The first-order chi connectivity index (χ1) is 16.4. The highest BCUT2D eigenvalue weighted by molar-refractivity contribution is 7.91. The highest BCUT2D eigenvalue weighted by Gasteiger charge is 2.61. The Bertz CT molecular complexity index is 1540. The number of sulfone groups is 1. The number of hydrogen-bond acceptors (Lipinski definition) is 4. The van der Waals surface area contributed by atoms with Crippen LogP contribution in [0.1, 0.15) is 27.5 Å². The molecule has 4 aromatic carbocycles. The van der Waals surface area contributed by atoms with Gasteiger partial charge in [-0.15, -0.1) is 0 Å². The van der Waals surface area contributed by atoms with E-state index in [4.69, 9.17) is 4.74 Å². The third-order valence-corrected chi connectivity index (χ3v) is 9.30. The van der Waals surface area contributed by atoms with E-state index in [-0.39, 0.29) is 29.0 Å². The Labute approximate surface area is 209 Å². The molecule has 2 aliphatic heterocycles. The lowest BCUT2D eigenvalue weighted by Crippen LogP contribution is -2.54. The van der Waals surface area contributed by atoms with Gasteiger partial charge in [-0.05, 0) is 58.7 Å². The second kappa shape index (κ2) is 9.05. The summed E-state index contributed by atoms with van der Waals surface area (Å²) in [5.41, 5.74) is 2.10. The Morgan fingerprint density at radius 2 is 1.47 bits per heavy atom. The number of amides is 1. The molecule has 7 nitrogen and oxygen atoms in total. The first-order valence-corrected chi connectivity index (χ1v) is 12.8. The lowest BCUT2D eigenvalue weighted by molar-refractivity contribution is 0.132. The topological polar surface area (TPSA) is 127 Å². The molecule has 1 fully saturated rings. The Morgan fingerprint density at radius 3 is 2.14 bits per heavy atom. The van der Waals surface area contributed by atoms with E-state index in [1.165, 1.54) is 0 Å². The summed E-state index contributed by atoms with van der Waals surface area (Å²) in [4.78, 5) is 14.9. The first-order valence-electron chi connectivity index (χ1n) is 11.2. The second-order valence-electron chi connectivity index (χ2n) is 9.07. The van der Waals surface area contributed by atoms with E-state index in [1.807, 2.05) is 73.7 Å². The van der Waals surface area contributed by atoms with E-state index in [0.29, 0.717) is 0 Å². The zero-order valence-electron chi connectivity index (χ0n) is 19.6. The summed E-state index contributed by atoms with van der Waals surface area (Å²) in [6, 6.07) is 28.2. The van der Waals surface area contributed by atoms with Crippen LogP contribution in [0.4, 0.5) is 4.79 Å². The number of aryl methyl sites for hydroxylation is 1. The molecular weight excluding hydrogens is 478 g/mol. The summed E-state index contributed by atoms with van der Waals surface area (Å²) >= 11 is 0. The number of carbonyl (C=O) groups is 1. The van der Waals surface area contributed by atoms with E-state index < -0.39 is 26.7 Å². The summed E-state index contributed by atoms with van der Waals surface area (Å²) in [5.74, 6) is 0. The van der Waals surface area contributed by atoms with Gasteiger partial charge in [-0.1, -0.05) is 72.3 Å². The van der Waals surface area contributed by atoms with Gasteiger partial charge in [0.2, 0.25) is 0 Å². The molecule has 2 atom stereocenters.